The first kappa shape index (κ1) is 10.4. The maximum Gasteiger partial charge on any atom is 0.0682 e. The second-order valence-corrected chi connectivity index (χ2v) is 4.95. The van der Waals surface area contributed by atoms with Gasteiger partial charge in [-0.2, -0.15) is 0 Å². The Balaban J connectivity index is 1.99. The molecule has 0 amide bonds. The van der Waals surface area contributed by atoms with Gasteiger partial charge in [-0.05, 0) is 26.2 Å². The van der Waals surface area contributed by atoms with Crippen LogP contribution in [0.25, 0.3) is 0 Å². The van der Waals surface area contributed by atoms with E-state index in [-0.39, 0.29) is 6.10 Å². The van der Waals surface area contributed by atoms with E-state index in [9.17, 15) is 5.11 Å². The molecule has 0 aromatic heterocycles. The van der Waals surface area contributed by atoms with Crippen LogP contribution in [0, 0.1) is 0 Å². The summed E-state index contributed by atoms with van der Waals surface area (Å²) in [6, 6.07) is 1.37. The lowest BCUT2D eigenvalue weighted by Gasteiger charge is -2.38. The molecule has 0 bridgehead atoms. The lowest BCUT2D eigenvalue weighted by Crippen LogP contribution is -2.51. The van der Waals surface area contributed by atoms with E-state index in [0.29, 0.717) is 18.1 Å². The molecule has 82 valence electrons. The zero-order valence-electron chi connectivity index (χ0n) is 9.02. The average Bonchev–Trinajstić information content (AvgIpc) is 2.46. The highest BCUT2D eigenvalue weighted by molar-refractivity contribution is 4.93. The second kappa shape index (κ2) is 4.17. The maximum atomic E-state index is 9.60. The number of aliphatic hydroxyl groups is 1. The van der Waals surface area contributed by atoms with Crippen molar-refractivity contribution >= 4 is 0 Å². The first-order valence-corrected chi connectivity index (χ1v) is 5.88. The molecule has 1 saturated carbocycles. The quantitative estimate of drug-likeness (QED) is 0.652. The van der Waals surface area contributed by atoms with Crippen molar-refractivity contribution < 1.29 is 5.11 Å². The van der Waals surface area contributed by atoms with E-state index in [2.05, 4.69) is 11.8 Å². The molecule has 4 atom stereocenters. The van der Waals surface area contributed by atoms with Gasteiger partial charge in [0.2, 0.25) is 0 Å². The summed E-state index contributed by atoms with van der Waals surface area (Å²) in [5, 5.41) is 9.60. The van der Waals surface area contributed by atoms with Crippen LogP contribution >= 0.6 is 0 Å². The molecule has 1 saturated heterocycles. The van der Waals surface area contributed by atoms with Crippen molar-refractivity contribution in [3.63, 3.8) is 0 Å². The van der Waals surface area contributed by atoms with Crippen molar-refractivity contribution in [2.75, 3.05) is 6.54 Å². The number of hydrogen-bond donors (Lipinski definition) is 2. The Bertz CT molecular complexity index is 194. The summed E-state index contributed by atoms with van der Waals surface area (Å²) in [5.74, 6) is 0. The third-order valence-corrected chi connectivity index (χ3v) is 3.81. The fourth-order valence-corrected chi connectivity index (χ4v) is 3.04. The van der Waals surface area contributed by atoms with E-state index >= 15 is 0 Å². The minimum absolute atomic E-state index is 0.126. The summed E-state index contributed by atoms with van der Waals surface area (Å²) >= 11 is 0. The molecule has 1 heterocycles. The predicted octanol–water partition coefficient (Wildman–Crippen LogP) is 0.711. The van der Waals surface area contributed by atoms with Crippen LogP contribution in [0.3, 0.4) is 0 Å². The summed E-state index contributed by atoms with van der Waals surface area (Å²) in [6.45, 7) is 3.04. The van der Waals surface area contributed by atoms with Crippen molar-refractivity contribution in [2.24, 2.45) is 5.73 Å². The van der Waals surface area contributed by atoms with Gasteiger partial charge in [0, 0.05) is 24.7 Å². The van der Waals surface area contributed by atoms with Gasteiger partial charge in [-0.15, -0.1) is 0 Å². The van der Waals surface area contributed by atoms with Gasteiger partial charge in [0.05, 0.1) is 6.10 Å². The van der Waals surface area contributed by atoms with Crippen LogP contribution < -0.4 is 5.73 Å². The molecule has 3 heteroatoms. The molecule has 3 nitrogen and oxygen atoms in total. The molecule has 0 radical (unpaired) electrons. The van der Waals surface area contributed by atoms with Crippen LogP contribution in [0.2, 0.25) is 0 Å². The van der Waals surface area contributed by atoms with E-state index < -0.39 is 0 Å². The van der Waals surface area contributed by atoms with Gasteiger partial charge < -0.3 is 10.8 Å². The molecular weight excluding hydrogens is 176 g/mol. The second-order valence-electron chi connectivity index (χ2n) is 4.95. The molecule has 14 heavy (non-hydrogen) atoms. The minimum atomic E-state index is -0.126. The SMILES string of the molecule is CC1CC(O)CN1C1CCCCC1N. The molecular formula is C11H22N2O. The largest absolute Gasteiger partial charge is 0.392 e. The predicted molar refractivity (Wildman–Crippen MR) is 57.0 cm³/mol. The van der Waals surface area contributed by atoms with E-state index in [1.807, 2.05) is 0 Å². The fraction of sp³-hybridized carbons (Fsp3) is 1.00. The highest BCUT2D eigenvalue weighted by Crippen LogP contribution is 2.28. The van der Waals surface area contributed by atoms with Gasteiger partial charge in [-0.25, -0.2) is 0 Å². The van der Waals surface area contributed by atoms with Crippen molar-refractivity contribution in [1.29, 1.82) is 0 Å². The average molecular weight is 198 g/mol. The van der Waals surface area contributed by atoms with Gasteiger partial charge in [0.15, 0.2) is 0 Å². The fourth-order valence-electron chi connectivity index (χ4n) is 3.04. The zero-order chi connectivity index (χ0) is 10.1. The topological polar surface area (TPSA) is 49.5 Å². The third kappa shape index (κ3) is 1.95. The first-order chi connectivity index (χ1) is 6.68. The van der Waals surface area contributed by atoms with E-state index in [4.69, 9.17) is 5.73 Å². The third-order valence-electron chi connectivity index (χ3n) is 3.81. The number of hydrogen-bond acceptors (Lipinski definition) is 3. The number of likely N-dealkylation sites (tertiary alicyclic amines) is 1. The Labute approximate surface area is 86.3 Å². The van der Waals surface area contributed by atoms with Crippen LogP contribution in [0.1, 0.15) is 39.0 Å². The molecule has 3 N–H and O–H groups in total. The molecule has 2 rings (SSSR count). The normalized spacial score (nSPS) is 45.6. The Kier molecular flexibility index (Phi) is 3.10. The Morgan fingerprint density at radius 3 is 2.57 bits per heavy atom. The molecule has 0 spiro atoms. The Morgan fingerprint density at radius 2 is 2.00 bits per heavy atom. The number of β-amino-alcohol motifs (C(OH)–C–C–N with tert-alkyl or cyclic N) is 1. The number of rotatable bonds is 1. The maximum absolute atomic E-state index is 9.60. The summed E-state index contributed by atoms with van der Waals surface area (Å²) in [4.78, 5) is 2.43. The smallest absolute Gasteiger partial charge is 0.0682 e. The van der Waals surface area contributed by atoms with Gasteiger partial charge >= 0.3 is 0 Å². The number of nitrogens with two attached hydrogens (primary N) is 1. The lowest BCUT2D eigenvalue weighted by atomic mass is 9.89. The zero-order valence-corrected chi connectivity index (χ0v) is 9.02. The molecule has 0 aromatic carbocycles. The van der Waals surface area contributed by atoms with E-state index in [1.165, 1.54) is 19.3 Å². The standard InChI is InChI=1S/C11H22N2O/c1-8-6-9(14)7-13(8)11-5-3-2-4-10(11)12/h8-11,14H,2-7,12H2,1H3. The summed E-state index contributed by atoms with van der Waals surface area (Å²) < 4.78 is 0. The minimum Gasteiger partial charge on any atom is -0.392 e. The van der Waals surface area contributed by atoms with Crippen molar-refractivity contribution in [3.8, 4) is 0 Å². The van der Waals surface area contributed by atoms with E-state index in [0.717, 1.165) is 19.4 Å². The van der Waals surface area contributed by atoms with Gasteiger partial charge in [-0.3, -0.25) is 4.90 Å². The van der Waals surface area contributed by atoms with E-state index in [1.54, 1.807) is 0 Å². The van der Waals surface area contributed by atoms with Gasteiger partial charge in [0.25, 0.3) is 0 Å². The Morgan fingerprint density at radius 1 is 1.29 bits per heavy atom. The van der Waals surface area contributed by atoms with Gasteiger partial charge in [-0.1, -0.05) is 12.8 Å². The highest BCUT2D eigenvalue weighted by atomic mass is 16.3. The van der Waals surface area contributed by atoms with Crippen LogP contribution in [-0.2, 0) is 0 Å². The van der Waals surface area contributed by atoms with Crippen LogP contribution in [0.15, 0.2) is 0 Å². The summed E-state index contributed by atoms with van der Waals surface area (Å²) in [5.41, 5.74) is 6.14. The summed E-state index contributed by atoms with van der Waals surface area (Å²) in [6.07, 6.45) is 5.75. The van der Waals surface area contributed by atoms with Crippen molar-refractivity contribution in [1.82, 2.24) is 4.90 Å². The Hall–Kier alpha value is -0.120. The van der Waals surface area contributed by atoms with Gasteiger partial charge in [0.1, 0.15) is 0 Å². The number of nitrogens with zero attached hydrogens (tertiary/aromatic N) is 1. The van der Waals surface area contributed by atoms with Crippen LogP contribution in [0.5, 0.6) is 0 Å². The van der Waals surface area contributed by atoms with Crippen molar-refractivity contribution in [3.05, 3.63) is 0 Å². The van der Waals surface area contributed by atoms with Crippen molar-refractivity contribution in [2.45, 2.75) is 63.3 Å². The molecule has 1 aliphatic heterocycles. The first-order valence-electron chi connectivity index (χ1n) is 5.88. The number of aliphatic hydroxyl groups excluding tert-OH is 1. The summed E-state index contributed by atoms with van der Waals surface area (Å²) in [7, 11) is 0. The molecule has 2 aliphatic rings. The lowest BCUT2D eigenvalue weighted by molar-refractivity contribution is 0.113. The van der Waals surface area contributed by atoms with Crippen LogP contribution in [-0.4, -0.2) is 40.8 Å². The molecule has 2 fully saturated rings. The monoisotopic (exact) mass is 198 g/mol. The molecule has 0 aromatic rings. The molecule has 4 unspecified atom stereocenters. The highest BCUT2D eigenvalue weighted by Gasteiger charge is 2.36. The van der Waals surface area contributed by atoms with Crippen LogP contribution in [0.4, 0.5) is 0 Å². The molecule has 1 aliphatic carbocycles.